The fourth-order valence-corrected chi connectivity index (χ4v) is 2.55. The van der Waals surface area contributed by atoms with Crippen LogP contribution in [0.3, 0.4) is 0 Å². The molecule has 0 atom stereocenters. The highest BCUT2D eigenvalue weighted by Crippen LogP contribution is 2.27. The number of piperazine rings is 1. The molecule has 0 bridgehead atoms. The average Bonchev–Trinajstić information content (AvgIpc) is 3.22. The van der Waals surface area contributed by atoms with Gasteiger partial charge in [0.1, 0.15) is 5.75 Å². The summed E-state index contributed by atoms with van der Waals surface area (Å²) in [5, 5.41) is 9.40. The van der Waals surface area contributed by atoms with E-state index in [0.29, 0.717) is 5.56 Å². The van der Waals surface area contributed by atoms with Crippen molar-refractivity contribution in [3.8, 4) is 5.75 Å². The highest BCUT2D eigenvalue weighted by Gasteiger charge is 2.32. The van der Waals surface area contributed by atoms with E-state index in [1.807, 2.05) is 4.90 Å². The van der Waals surface area contributed by atoms with Crippen LogP contribution in [0.25, 0.3) is 0 Å². The maximum Gasteiger partial charge on any atom is 0.254 e. The van der Waals surface area contributed by atoms with Crippen LogP contribution in [-0.2, 0) is 0 Å². The summed E-state index contributed by atoms with van der Waals surface area (Å²) in [7, 11) is 0. The number of benzene rings is 1. The molecule has 1 amide bonds. The van der Waals surface area contributed by atoms with Crippen molar-refractivity contribution in [3.05, 3.63) is 29.8 Å². The Morgan fingerprint density at radius 1 is 1.17 bits per heavy atom. The molecule has 1 aliphatic carbocycles. The van der Waals surface area contributed by atoms with Gasteiger partial charge in [-0.1, -0.05) is 6.07 Å². The Hall–Kier alpha value is -1.55. The van der Waals surface area contributed by atoms with Crippen LogP contribution in [0.1, 0.15) is 23.2 Å². The van der Waals surface area contributed by atoms with Gasteiger partial charge in [-0.25, -0.2) is 0 Å². The van der Waals surface area contributed by atoms with Crippen molar-refractivity contribution in [3.63, 3.8) is 0 Å². The van der Waals surface area contributed by atoms with Crippen molar-refractivity contribution in [1.29, 1.82) is 0 Å². The van der Waals surface area contributed by atoms with Gasteiger partial charge in [0.05, 0.1) is 0 Å². The van der Waals surface area contributed by atoms with E-state index in [9.17, 15) is 9.90 Å². The maximum atomic E-state index is 12.2. The summed E-state index contributed by atoms with van der Waals surface area (Å²) in [5.41, 5.74) is 0.579. The monoisotopic (exact) mass is 246 g/mol. The first kappa shape index (κ1) is 11.5. The molecule has 2 aliphatic rings. The van der Waals surface area contributed by atoms with Crippen LogP contribution in [0.15, 0.2) is 24.3 Å². The highest BCUT2D eigenvalue weighted by molar-refractivity contribution is 5.94. The molecule has 1 aromatic carbocycles. The van der Waals surface area contributed by atoms with Gasteiger partial charge < -0.3 is 10.0 Å². The summed E-state index contributed by atoms with van der Waals surface area (Å²) < 4.78 is 0. The molecule has 1 aromatic rings. The molecule has 1 saturated carbocycles. The number of phenolic OH excluding ortho intramolecular Hbond substituents is 1. The number of nitrogens with zero attached hydrogens (tertiary/aromatic N) is 2. The topological polar surface area (TPSA) is 43.8 Å². The standard InChI is InChI=1S/C14H18N2O2/c17-13-3-1-2-11(10-13)14(18)16-8-6-15(7-9-16)12-4-5-12/h1-3,10,12,17H,4-9H2. The lowest BCUT2D eigenvalue weighted by atomic mass is 10.1. The van der Waals surface area contributed by atoms with Crippen LogP contribution in [0.5, 0.6) is 5.75 Å². The molecular weight excluding hydrogens is 228 g/mol. The Labute approximate surface area is 107 Å². The zero-order chi connectivity index (χ0) is 12.5. The number of aromatic hydroxyl groups is 1. The van der Waals surface area contributed by atoms with Gasteiger partial charge in [-0.3, -0.25) is 9.69 Å². The molecule has 0 spiro atoms. The number of phenols is 1. The molecular formula is C14H18N2O2. The zero-order valence-corrected chi connectivity index (χ0v) is 10.4. The van der Waals surface area contributed by atoms with Gasteiger partial charge in [0.2, 0.25) is 0 Å². The molecule has 0 unspecified atom stereocenters. The normalized spacial score (nSPS) is 21.0. The zero-order valence-electron chi connectivity index (χ0n) is 10.4. The van der Waals surface area contributed by atoms with Crippen molar-refractivity contribution in [2.24, 2.45) is 0 Å². The SMILES string of the molecule is O=C(c1cccc(O)c1)N1CCN(C2CC2)CC1. The first-order chi connectivity index (χ1) is 8.74. The Morgan fingerprint density at radius 3 is 2.50 bits per heavy atom. The van der Waals surface area contributed by atoms with E-state index in [4.69, 9.17) is 0 Å². The molecule has 0 radical (unpaired) electrons. The molecule has 1 heterocycles. The van der Waals surface area contributed by atoms with Gasteiger partial charge in [0.25, 0.3) is 5.91 Å². The molecule has 4 nitrogen and oxygen atoms in total. The number of hydrogen-bond donors (Lipinski definition) is 1. The van der Waals surface area contributed by atoms with Crippen molar-refractivity contribution >= 4 is 5.91 Å². The number of hydrogen-bond acceptors (Lipinski definition) is 3. The van der Waals surface area contributed by atoms with Gasteiger partial charge in [-0.2, -0.15) is 0 Å². The molecule has 3 rings (SSSR count). The second-order valence-electron chi connectivity index (χ2n) is 5.11. The minimum Gasteiger partial charge on any atom is -0.508 e. The van der Waals surface area contributed by atoms with E-state index in [0.717, 1.165) is 32.2 Å². The lowest BCUT2D eigenvalue weighted by Gasteiger charge is -2.34. The van der Waals surface area contributed by atoms with E-state index < -0.39 is 0 Å². The van der Waals surface area contributed by atoms with Crippen molar-refractivity contribution < 1.29 is 9.90 Å². The minimum atomic E-state index is 0.0290. The molecule has 1 saturated heterocycles. The predicted molar refractivity (Wildman–Crippen MR) is 68.6 cm³/mol. The lowest BCUT2D eigenvalue weighted by molar-refractivity contribution is 0.0627. The molecule has 2 fully saturated rings. The van der Waals surface area contributed by atoms with E-state index in [1.165, 1.54) is 18.9 Å². The molecule has 1 N–H and O–H groups in total. The third kappa shape index (κ3) is 2.34. The van der Waals surface area contributed by atoms with Crippen LogP contribution in [0.4, 0.5) is 0 Å². The molecule has 18 heavy (non-hydrogen) atoms. The first-order valence-corrected chi connectivity index (χ1v) is 6.56. The highest BCUT2D eigenvalue weighted by atomic mass is 16.3. The van der Waals surface area contributed by atoms with E-state index in [1.54, 1.807) is 18.2 Å². The van der Waals surface area contributed by atoms with E-state index >= 15 is 0 Å². The molecule has 1 aliphatic heterocycles. The maximum absolute atomic E-state index is 12.2. The second-order valence-corrected chi connectivity index (χ2v) is 5.11. The third-order valence-corrected chi connectivity index (χ3v) is 3.76. The van der Waals surface area contributed by atoms with Gasteiger partial charge >= 0.3 is 0 Å². The van der Waals surface area contributed by atoms with Gasteiger partial charge in [0.15, 0.2) is 0 Å². The first-order valence-electron chi connectivity index (χ1n) is 6.56. The fraction of sp³-hybridized carbons (Fsp3) is 0.500. The quantitative estimate of drug-likeness (QED) is 0.855. The summed E-state index contributed by atoms with van der Waals surface area (Å²) in [6, 6.07) is 7.37. The fourth-order valence-electron chi connectivity index (χ4n) is 2.55. The largest absolute Gasteiger partial charge is 0.508 e. The average molecular weight is 246 g/mol. The number of amides is 1. The van der Waals surface area contributed by atoms with Crippen LogP contribution in [0.2, 0.25) is 0 Å². The van der Waals surface area contributed by atoms with Gasteiger partial charge in [-0.15, -0.1) is 0 Å². The predicted octanol–water partition coefficient (Wildman–Crippen LogP) is 1.31. The lowest BCUT2D eigenvalue weighted by Crippen LogP contribution is -2.49. The molecule has 0 aromatic heterocycles. The van der Waals surface area contributed by atoms with Crippen molar-refractivity contribution in [2.45, 2.75) is 18.9 Å². The summed E-state index contributed by atoms with van der Waals surface area (Å²) in [4.78, 5) is 16.6. The van der Waals surface area contributed by atoms with Crippen molar-refractivity contribution in [2.75, 3.05) is 26.2 Å². The van der Waals surface area contributed by atoms with Gasteiger partial charge in [0, 0.05) is 37.8 Å². The van der Waals surface area contributed by atoms with Crippen LogP contribution in [0, 0.1) is 0 Å². The minimum absolute atomic E-state index is 0.0290. The second kappa shape index (κ2) is 4.61. The molecule has 96 valence electrons. The number of carbonyl (C=O) groups excluding carboxylic acids is 1. The Kier molecular flexibility index (Phi) is 2.96. The number of carbonyl (C=O) groups is 1. The van der Waals surface area contributed by atoms with Crippen LogP contribution in [-0.4, -0.2) is 53.0 Å². The summed E-state index contributed by atoms with van der Waals surface area (Å²) in [6.07, 6.45) is 2.64. The summed E-state index contributed by atoms with van der Waals surface area (Å²) >= 11 is 0. The smallest absolute Gasteiger partial charge is 0.254 e. The van der Waals surface area contributed by atoms with E-state index in [2.05, 4.69) is 4.90 Å². The molecule has 4 heteroatoms. The van der Waals surface area contributed by atoms with Crippen LogP contribution < -0.4 is 0 Å². The third-order valence-electron chi connectivity index (χ3n) is 3.76. The summed E-state index contributed by atoms with van der Waals surface area (Å²) in [6.45, 7) is 3.56. The Bertz CT molecular complexity index is 449. The Balaban J connectivity index is 1.63. The van der Waals surface area contributed by atoms with Crippen LogP contribution >= 0.6 is 0 Å². The number of rotatable bonds is 2. The van der Waals surface area contributed by atoms with E-state index in [-0.39, 0.29) is 11.7 Å². The summed E-state index contributed by atoms with van der Waals surface area (Å²) in [5.74, 6) is 0.179. The Morgan fingerprint density at radius 2 is 1.89 bits per heavy atom. The van der Waals surface area contributed by atoms with Gasteiger partial charge in [-0.05, 0) is 31.0 Å². The van der Waals surface area contributed by atoms with Crippen molar-refractivity contribution in [1.82, 2.24) is 9.80 Å².